The molecule has 100 valence electrons. The highest BCUT2D eigenvalue weighted by atomic mass is 15.2. The molecule has 2 rings (SSSR count). The summed E-state index contributed by atoms with van der Waals surface area (Å²) in [5.41, 5.74) is 7.02. The van der Waals surface area contributed by atoms with Gasteiger partial charge in [-0.05, 0) is 57.5 Å². The van der Waals surface area contributed by atoms with Crippen LogP contribution in [0, 0.1) is 5.41 Å². The zero-order valence-corrected chi connectivity index (χ0v) is 11.8. The van der Waals surface area contributed by atoms with Crippen molar-refractivity contribution in [2.45, 2.75) is 70.8 Å². The molecule has 0 radical (unpaired) electrons. The molecule has 0 amide bonds. The number of rotatable bonds is 4. The van der Waals surface area contributed by atoms with Gasteiger partial charge in [-0.2, -0.15) is 0 Å². The molecule has 2 fully saturated rings. The van der Waals surface area contributed by atoms with Crippen LogP contribution in [0.1, 0.15) is 65.2 Å². The van der Waals surface area contributed by atoms with Crippen LogP contribution < -0.4 is 5.73 Å². The van der Waals surface area contributed by atoms with Crippen molar-refractivity contribution in [1.82, 2.24) is 4.90 Å². The number of piperidine rings is 1. The normalized spacial score (nSPS) is 28.4. The minimum Gasteiger partial charge on any atom is -0.329 e. The van der Waals surface area contributed by atoms with Gasteiger partial charge in [0.05, 0.1) is 0 Å². The van der Waals surface area contributed by atoms with Crippen molar-refractivity contribution in [3.8, 4) is 0 Å². The number of hydrogen-bond acceptors (Lipinski definition) is 2. The first-order valence-electron chi connectivity index (χ1n) is 7.59. The summed E-state index contributed by atoms with van der Waals surface area (Å²) in [6.45, 7) is 8.02. The molecule has 1 saturated heterocycles. The van der Waals surface area contributed by atoms with Gasteiger partial charge in [0.15, 0.2) is 0 Å². The minimum atomic E-state index is 0.259. The predicted octanol–water partition coefficient (Wildman–Crippen LogP) is 3.16. The second kappa shape index (κ2) is 5.27. The number of nitrogens with zero attached hydrogens (tertiary/aromatic N) is 1. The van der Waals surface area contributed by atoms with Crippen LogP contribution in [0.15, 0.2) is 0 Å². The van der Waals surface area contributed by atoms with Crippen molar-refractivity contribution >= 4 is 0 Å². The molecule has 1 heterocycles. The second-order valence-corrected chi connectivity index (χ2v) is 6.65. The minimum absolute atomic E-state index is 0.259. The van der Waals surface area contributed by atoms with Gasteiger partial charge < -0.3 is 5.73 Å². The van der Waals surface area contributed by atoms with E-state index in [-0.39, 0.29) is 5.54 Å². The van der Waals surface area contributed by atoms with Crippen molar-refractivity contribution in [2.75, 3.05) is 19.6 Å². The molecule has 0 aromatic rings. The average Bonchev–Trinajstić information content (AvgIpc) is 2.78. The zero-order chi connectivity index (χ0) is 12.4. The first-order chi connectivity index (χ1) is 8.14. The van der Waals surface area contributed by atoms with Crippen molar-refractivity contribution in [1.29, 1.82) is 0 Å². The average molecular weight is 238 g/mol. The van der Waals surface area contributed by atoms with Crippen molar-refractivity contribution in [3.63, 3.8) is 0 Å². The summed E-state index contributed by atoms with van der Waals surface area (Å²) in [4.78, 5) is 2.68. The lowest BCUT2D eigenvalue weighted by Gasteiger charge is -2.48. The van der Waals surface area contributed by atoms with Gasteiger partial charge >= 0.3 is 0 Å². The Morgan fingerprint density at radius 1 is 1.12 bits per heavy atom. The van der Waals surface area contributed by atoms with E-state index in [4.69, 9.17) is 5.73 Å². The molecule has 1 aliphatic heterocycles. The van der Waals surface area contributed by atoms with Gasteiger partial charge in [-0.25, -0.2) is 0 Å². The van der Waals surface area contributed by atoms with Gasteiger partial charge in [0.25, 0.3) is 0 Å². The molecular weight excluding hydrogens is 208 g/mol. The third-order valence-electron chi connectivity index (χ3n) is 5.48. The zero-order valence-electron chi connectivity index (χ0n) is 11.8. The molecule has 1 aliphatic carbocycles. The Labute approximate surface area is 107 Å². The van der Waals surface area contributed by atoms with Gasteiger partial charge in [0, 0.05) is 12.1 Å². The van der Waals surface area contributed by atoms with E-state index in [1.807, 2.05) is 0 Å². The van der Waals surface area contributed by atoms with Gasteiger partial charge in [-0.15, -0.1) is 0 Å². The Balaban J connectivity index is 1.93. The standard InChI is InChI=1S/C15H30N2/c1-3-6-14(2,13-16)17-11-9-15(10-12-17)7-4-5-8-15/h3-13,16H2,1-2H3. The molecule has 0 aromatic heterocycles. The van der Waals surface area contributed by atoms with E-state index >= 15 is 0 Å². The third-order valence-corrected chi connectivity index (χ3v) is 5.48. The highest BCUT2D eigenvalue weighted by Gasteiger charge is 2.40. The quantitative estimate of drug-likeness (QED) is 0.815. The summed E-state index contributed by atoms with van der Waals surface area (Å²) < 4.78 is 0. The molecule has 2 N–H and O–H groups in total. The van der Waals surface area contributed by atoms with Gasteiger partial charge in [-0.3, -0.25) is 4.90 Å². The summed E-state index contributed by atoms with van der Waals surface area (Å²) in [6, 6.07) is 0. The van der Waals surface area contributed by atoms with E-state index in [0.717, 1.165) is 12.0 Å². The monoisotopic (exact) mass is 238 g/mol. The van der Waals surface area contributed by atoms with Crippen LogP contribution in [0.5, 0.6) is 0 Å². The first-order valence-corrected chi connectivity index (χ1v) is 7.59. The second-order valence-electron chi connectivity index (χ2n) is 6.65. The van der Waals surface area contributed by atoms with Crippen LogP contribution in [0.25, 0.3) is 0 Å². The fraction of sp³-hybridized carbons (Fsp3) is 1.00. The number of likely N-dealkylation sites (tertiary alicyclic amines) is 1. The van der Waals surface area contributed by atoms with Crippen molar-refractivity contribution in [2.24, 2.45) is 11.1 Å². The lowest BCUT2D eigenvalue weighted by atomic mass is 9.75. The Morgan fingerprint density at radius 2 is 1.71 bits per heavy atom. The molecule has 1 spiro atoms. The van der Waals surface area contributed by atoms with Gasteiger partial charge in [0.1, 0.15) is 0 Å². The van der Waals surface area contributed by atoms with Crippen LogP contribution in [0.2, 0.25) is 0 Å². The van der Waals surface area contributed by atoms with E-state index < -0.39 is 0 Å². The van der Waals surface area contributed by atoms with E-state index in [1.54, 1.807) is 0 Å². The molecular formula is C15H30N2. The maximum atomic E-state index is 6.03. The van der Waals surface area contributed by atoms with Gasteiger partial charge in [0.2, 0.25) is 0 Å². The topological polar surface area (TPSA) is 29.3 Å². The van der Waals surface area contributed by atoms with E-state index in [2.05, 4.69) is 18.7 Å². The Bertz CT molecular complexity index is 235. The van der Waals surface area contributed by atoms with E-state index in [1.165, 1.54) is 64.5 Å². The van der Waals surface area contributed by atoms with E-state index in [0.29, 0.717) is 0 Å². The molecule has 0 aromatic carbocycles. The lowest BCUT2D eigenvalue weighted by Crippen LogP contribution is -2.55. The smallest absolute Gasteiger partial charge is 0.0303 e. The SMILES string of the molecule is CCCC(C)(CN)N1CCC2(CCCC2)CC1. The summed E-state index contributed by atoms with van der Waals surface area (Å²) in [7, 11) is 0. The first kappa shape index (κ1) is 13.4. The van der Waals surface area contributed by atoms with Crippen molar-refractivity contribution < 1.29 is 0 Å². The molecule has 0 bridgehead atoms. The van der Waals surface area contributed by atoms with Crippen LogP contribution in [-0.4, -0.2) is 30.1 Å². The summed E-state index contributed by atoms with van der Waals surface area (Å²) >= 11 is 0. The number of hydrogen-bond donors (Lipinski definition) is 1. The summed E-state index contributed by atoms with van der Waals surface area (Å²) in [5.74, 6) is 0. The molecule has 2 aliphatic rings. The van der Waals surface area contributed by atoms with Gasteiger partial charge in [-0.1, -0.05) is 26.2 Å². The predicted molar refractivity (Wildman–Crippen MR) is 74.1 cm³/mol. The maximum absolute atomic E-state index is 6.03. The largest absolute Gasteiger partial charge is 0.329 e. The Hall–Kier alpha value is -0.0800. The third kappa shape index (κ3) is 2.68. The van der Waals surface area contributed by atoms with Crippen molar-refractivity contribution in [3.05, 3.63) is 0 Å². The molecule has 1 atom stereocenters. The molecule has 1 saturated carbocycles. The molecule has 1 unspecified atom stereocenters. The molecule has 17 heavy (non-hydrogen) atoms. The lowest BCUT2D eigenvalue weighted by molar-refractivity contribution is 0.0264. The highest BCUT2D eigenvalue weighted by Crippen LogP contribution is 2.47. The van der Waals surface area contributed by atoms with Crippen LogP contribution in [0.4, 0.5) is 0 Å². The van der Waals surface area contributed by atoms with Crippen LogP contribution >= 0.6 is 0 Å². The number of nitrogens with two attached hydrogens (primary N) is 1. The highest BCUT2D eigenvalue weighted by molar-refractivity contribution is 4.95. The Kier molecular flexibility index (Phi) is 4.14. The van der Waals surface area contributed by atoms with Crippen LogP contribution in [0.3, 0.4) is 0 Å². The van der Waals surface area contributed by atoms with Crippen LogP contribution in [-0.2, 0) is 0 Å². The fourth-order valence-electron chi connectivity index (χ4n) is 4.07. The summed E-state index contributed by atoms with van der Waals surface area (Å²) in [5, 5.41) is 0. The maximum Gasteiger partial charge on any atom is 0.0303 e. The molecule has 2 nitrogen and oxygen atoms in total. The summed E-state index contributed by atoms with van der Waals surface area (Å²) in [6.07, 6.45) is 11.3. The fourth-order valence-corrected chi connectivity index (χ4v) is 4.07. The Morgan fingerprint density at radius 3 is 2.18 bits per heavy atom. The van der Waals surface area contributed by atoms with E-state index in [9.17, 15) is 0 Å². The molecule has 2 heteroatoms.